The first kappa shape index (κ1) is 7.03. The minimum atomic E-state index is -0.118. The van der Waals surface area contributed by atoms with Crippen LogP contribution in [0.25, 0.3) is 0 Å². The molecule has 1 heterocycles. The van der Waals surface area contributed by atoms with Gasteiger partial charge in [-0.2, -0.15) is 0 Å². The smallest absolute Gasteiger partial charge is 0.0690 e. The quantitative estimate of drug-likeness (QED) is 0.569. The summed E-state index contributed by atoms with van der Waals surface area (Å²) in [4.78, 5) is 0. The summed E-state index contributed by atoms with van der Waals surface area (Å²) in [6, 6.07) is 0.384. The Hall–Kier alpha value is -0.0800. The number of hydrogen-bond donors (Lipinski definition) is 2. The maximum atomic E-state index is 9.30. The maximum Gasteiger partial charge on any atom is 0.0690 e. The van der Waals surface area contributed by atoms with Gasteiger partial charge >= 0.3 is 0 Å². The van der Waals surface area contributed by atoms with Crippen LogP contribution in [0.1, 0.15) is 26.2 Å². The molecule has 0 aliphatic carbocycles. The monoisotopic (exact) mass is 129 g/mol. The molecule has 1 aliphatic heterocycles. The molecule has 1 unspecified atom stereocenters. The second-order valence-corrected chi connectivity index (χ2v) is 2.68. The van der Waals surface area contributed by atoms with Crippen molar-refractivity contribution in [2.24, 2.45) is 0 Å². The molecule has 0 bridgehead atoms. The van der Waals surface area contributed by atoms with Crippen molar-refractivity contribution in [3.05, 3.63) is 0 Å². The van der Waals surface area contributed by atoms with E-state index in [1.165, 1.54) is 6.42 Å². The molecule has 2 atom stereocenters. The van der Waals surface area contributed by atoms with E-state index in [4.69, 9.17) is 0 Å². The van der Waals surface area contributed by atoms with Crippen LogP contribution in [0.3, 0.4) is 0 Å². The molecule has 2 heteroatoms. The van der Waals surface area contributed by atoms with E-state index in [0.717, 1.165) is 19.4 Å². The minimum absolute atomic E-state index is 0.118. The molecular weight excluding hydrogens is 114 g/mol. The van der Waals surface area contributed by atoms with Gasteiger partial charge in [-0.05, 0) is 25.8 Å². The first-order chi connectivity index (χ1) is 4.34. The highest BCUT2D eigenvalue weighted by molar-refractivity contribution is 4.79. The van der Waals surface area contributed by atoms with Gasteiger partial charge in [-0.1, -0.05) is 6.92 Å². The molecule has 54 valence electrons. The average Bonchev–Trinajstić information content (AvgIpc) is 2.37. The lowest BCUT2D eigenvalue weighted by Crippen LogP contribution is -2.33. The van der Waals surface area contributed by atoms with Gasteiger partial charge < -0.3 is 10.4 Å². The molecule has 9 heavy (non-hydrogen) atoms. The molecule has 0 amide bonds. The summed E-state index contributed by atoms with van der Waals surface area (Å²) < 4.78 is 0. The van der Waals surface area contributed by atoms with Crippen molar-refractivity contribution >= 4 is 0 Å². The number of aliphatic hydroxyl groups excluding tert-OH is 1. The summed E-state index contributed by atoms with van der Waals surface area (Å²) in [5.74, 6) is 0. The van der Waals surface area contributed by atoms with Gasteiger partial charge in [0.05, 0.1) is 6.10 Å². The third-order valence-electron chi connectivity index (χ3n) is 1.98. The van der Waals surface area contributed by atoms with Gasteiger partial charge in [0.1, 0.15) is 0 Å². The Labute approximate surface area is 56.3 Å². The fourth-order valence-electron chi connectivity index (χ4n) is 1.32. The SMILES string of the molecule is CC[C@@H](O)C1CCCN1. The van der Waals surface area contributed by atoms with E-state index in [2.05, 4.69) is 5.32 Å². The molecule has 1 rings (SSSR count). The first-order valence-electron chi connectivity index (χ1n) is 3.76. The van der Waals surface area contributed by atoms with Crippen molar-refractivity contribution < 1.29 is 5.11 Å². The van der Waals surface area contributed by atoms with Crippen LogP contribution in [-0.2, 0) is 0 Å². The number of aliphatic hydroxyl groups is 1. The van der Waals surface area contributed by atoms with Crippen LogP contribution in [0.15, 0.2) is 0 Å². The highest BCUT2D eigenvalue weighted by Crippen LogP contribution is 2.10. The molecule has 1 aliphatic rings. The Morgan fingerprint density at radius 1 is 1.78 bits per heavy atom. The van der Waals surface area contributed by atoms with Gasteiger partial charge in [0.25, 0.3) is 0 Å². The van der Waals surface area contributed by atoms with E-state index in [1.807, 2.05) is 6.92 Å². The van der Waals surface area contributed by atoms with Crippen molar-refractivity contribution in [1.82, 2.24) is 5.32 Å². The molecule has 0 aromatic rings. The zero-order chi connectivity index (χ0) is 6.69. The van der Waals surface area contributed by atoms with Gasteiger partial charge in [-0.25, -0.2) is 0 Å². The Kier molecular flexibility index (Phi) is 2.49. The second-order valence-electron chi connectivity index (χ2n) is 2.68. The molecule has 0 saturated carbocycles. The first-order valence-corrected chi connectivity index (χ1v) is 3.76. The molecule has 1 saturated heterocycles. The molecule has 0 aromatic carbocycles. The highest BCUT2D eigenvalue weighted by Gasteiger charge is 2.20. The van der Waals surface area contributed by atoms with Crippen LogP contribution in [-0.4, -0.2) is 23.8 Å². The zero-order valence-corrected chi connectivity index (χ0v) is 5.93. The predicted molar refractivity (Wildman–Crippen MR) is 37.3 cm³/mol. The van der Waals surface area contributed by atoms with Gasteiger partial charge in [-0.3, -0.25) is 0 Å². The van der Waals surface area contributed by atoms with Crippen LogP contribution in [0.2, 0.25) is 0 Å². The average molecular weight is 129 g/mol. The van der Waals surface area contributed by atoms with E-state index < -0.39 is 0 Å². The van der Waals surface area contributed by atoms with Crippen molar-refractivity contribution in [3.8, 4) is 0 Å². The number of nitrogens with one attached hydrogen (secondary N) is 1. The summed E-state index contributed by atoms with van der Waals surface area (Å²) >= 11 is 0. The molecule has 0 aromatic heterocycles. The standard InChI is InChI=1S/C7H15NO/c1-2-7(9)6-4-3-5-8-6/h6-9H,2-5H2,1H3/t6?,7-/m1/s1. The van der Waals surface area contributed by atoms with Gasteiger partial charge in [0.2, 0.25) is 0 Å². The van der Waals surface area contributed by atoms with E-state index in [9.17, 15) is 5.11 Å². The largest absolute Gasteiger partial charge is 0.392 e. The maximum absolute atomic E-state index is 9.30. The lowest BCUT2D eigenvalue weighted by molar-refractivity contribution is 0.132. The Bertz CT molecular complexity index is 79.0. The molecule has 1 fully saturated rings. The Balaban J connectivity index is 2.24. The minimum Gasteiger partial charge on any atom is -0.392 e. The normalized spacial score (nSPS) is 30.7. The molecular formula is C7H15NO. The van der Waals surface area contributed by atoms with Crippen LogP contribution in [0, 0.1) is 0 Å². The third-order valence-corrected chi connectivity index (χ3v) is 1.98. The summed E-state index contributed by atoms with van der Waals surface area (Å²) in [5, 5.41) is 12.6. The van der Waals surface area contributed by atoms with Crippen LogP contribution >= 0.6 is 0 Å². The highest BCUT2D eigenvalue weighted by atomic mass is 16.3. The summed E-state index contributed by atoms with van der Waals surface area (Å²) in [6.07, 6.45) is 3.13. The lowest BCUT2D eigenvalue weighted by atomic mass is 10.1. The zero-order valence-electron chi connectivity index (χ0n) is 5.93. The number of hydrogen-bond acceptors (Lipinski definition) is 2. The molecule has 0 radical (unpaired) electrons. The fourth-order valence-corrected chi connectivity index (χ4v) is 1.32. The van der Waals surface area contributed by atoms with Crippen LogP contribution in [0.4, 0.5) is 0 Å². The number of rotatable bonds is 2. The lowest BCUT2D eigenvalue weighted by Gasteiger charge is -2.15. The van der Waals surface area contributed by atoms with Gasteiger partial charge in [0, 0.05) is 6.04 Å². The van der Waals surface area contributed by atoms with E-state index in [1.54, 1.807) is 0 Å². The summed E-state index contributed by atoms with van der Waals surface area (Å²) in [6.45, 7) is 3.10. The summed E-state index contributed by atoms with van der Waals surface area (Å²) in [5.41, 5.74) is 0. The second kappa shape index (κ2) is 3.18. The molecule has 2 nitrogen and oxygen atoms in total. The van der Waals surface area contributed by atoms with Crippen LogP contribution in [0.5, 0.6) is 0 Å². The fraction of sp³-hybridized carbons (Fsp3) is 1.00. The topological polar surface area (TPSA) is 32.3 Å². The predicted octanol–water partition coefficient (Wildman–Crippen LogP) is 0.509. The molecule has 2 N–H and O–H groups in total. The van der Waals surface area contributed by atoms with Gasteiger partial charge in [-0.15, -0.1) is 0 Å². The van der Waals surface area contributed by atoms with Crippen molar-refractivity contribution in [3.63, 3.8) is 0 Å². The van der Waals surface area contributed by atoms with Crippen LogP contribution < -0.4 is 5.32 Å². The Morgan fingerprint density at radius 3 is 3.00 bits per heavy atom. The summed E-state index contributed by atoms with van der Waals surface area (Å²) in [7, 11) is 0. The Morgan fingerprint density at radius 2 is 2.56 bits per heavy atom. The van der Waals surface area contributed by atoms with Gasteiger partial charge in [0.15, 0.2) is 0 Å². The van der Waals surface area contributed by atoms with E-state index in [0.29, 0.717) is 6.04 Å². The van der Waals surface area contributed by atoms with E-state index >= 15 is 0 Å². The molecule has 0 spiro atoms. The third kappa shape index (κ3) is 1.66. The van der Waals surface area contributed by atoms with Crippen molar-refractivity contribution in [1.29, 1.82) is 0 Å². The van der Waals surface area contributed by atoms with Crippen molar-refractivity contribution in [2.45, 2.75) is 38.3 Å². The van der Waals surface area contributed by atoms with E-state index in [-0.39, 0.29) is 6.10 Å². The van der Waals surface area contributed by atoms with Crippen molar-refractivity contribution in [2.75, 3.05) is 6.54 Å².